The van der Waals surface area contributed by atoms with Gasteiger partial charge in [-0.15, -0.1) is 0 Å². The third-order valence-corrected chi connectivity index (χ3v) is 5.58. The van der Waals surface area contributed by atoms with Gasteiger partial charge < -0.3 is 19.4 Å². The van der Waals surface area contributed by atoms with E-state index in [-0.39, 0.29) is 11.7 Å². The number of ether oxygens (including phenoxy) is 1. The summed E-state index contributed by atoms with van der Waals surface area (Å²) < 4.78 is 11.2. The van der Waals surface area contributed by atoms with E-state index >= 15 is 0 Å². The average Bonchev–Trinajstić information content (AvgIpc) is 3.21. The van der Waals surface area contributed by atoms with Crippen molar-refractivity contribution < 1.29 is 9.15 Å². The van der Waals surface area contributed by atoms with E-state index in [0.29, 0.717) is 24.7 Å². The summed E-state index contributed by atoms with van der Waals surface area (Å²) in [5, 5.41) is 15.2. The lowest BCUT2D eigenvalue weighted by Gasteiger charge is -2.25. The van der Waals surface area contributed by atoms with Crippen LogP contribution in [0.15, 0.2) is 71.1 Å². The minimum absolute atomic E-state index is 0.0825. The second kappa shape index (κ2) is 9.54. The smallest absolute Gasteiger partial charge is 0.232 e. The zero-order valence-corrected chi connectivity index (χ0v) is 18.5. The molecule has 32 heavy (non-hydrogen) atoms. The summed E-state index contributed by atoms with van der Waals surface area (Å²) in [4.78, 5) is 6.55. The fourth-order valence-electron chi connectivity index (χ4n) is 3.86. The largest absolute Gasteiger partial charge is 0.497 e. The van der Waals surface area contributed by atoms with Crippen LogP contribution in [0.5, 0.6) is 5.75 Å². The molecule has 1 atom stereocenters. The second-order valence-corrected chi connectivity index (χ2v) is 7.85. The summed E-state index contributed by atoms with van der Waals surface area (Å²) in [6, 6.07) is 24.6. The maximum Gasteiger partial charge on any atom is 0.232 e. The van der Waals surface area contributed by atoms with Gasteiger partial charge in [0.15, 0.2) is 0 Å². The molecule has 0 aliphatic carbocycles. The zero-order valence-electron chi connectivity index (χ0n) is 18.5. The van der Waals surface area contributed by atoms with Crippen LogP contribution in [0, 0.1) is 11.3 Å². The molecule has 4 aromatic rings. The maximum atomic E-state index is 9.58. The number of fused-ring (bicyclic) bond motifs is 1. The van der Waals surface area contributed by atoms with Crippen molar-refractivity contribution in [2.24, 2.45) is 0 Å². The summed E-state index contributed by atoms with van der Waals surface area (Å²) >= 11 is 0. The van der Waals surface area contributed by atoms with Crippen LogP contribution in [0.4, 0.5) is 5.88 Å². The van der Waals surface area contributed by atoms with Crippen LogP contribution in [0.2, 0.25) is 0 Å². The predicted octanol–water partition coefficient (Wildman–Crippen LogP) is 5.01. The molecular formula is C26H26N4O2. The van der Waals surface area contributed by atoms with Crippen molar-refractivity contribution in [3.05, 3.63) is 89.4 Å². The summed E-state index contributed by atoms with van der Waals surface area (Å²) in [5.74, 6) is 1.74. The molecule has 0 saturated carbocycles. The Labute approximate surface area is 188 Å². The van der Waals surface area contributed by atoms with Crippen LogP contribution in [-0.4, -0.2) is 37.6 Å². The van der Waals surface area contributed by atoms with E-state index in [1.165, 1.54) is 5.39 Å². The molecule has 4 rings (SSSR count). The molecule has 0 radical (unpaired) electrons. The van der Waals surface area contributed by atoms with E-state index in [0.717, 1.165) is 22.3 Å². The van der Waals surface area contributed by atoms with E-state index in [1.54, 1.807) is 7.11 Å². The molecule has 162 valence electrons. The quantitative estimate of drug-likeness (QED) is 0.427. The SMILES string of the molecule is COc1ccc(C(CNc2oc(Cc3cccc4ccccc34)nc2C#N)N(C)C)cc1. The molecule has 1 N–H and O–H groups in total. The molecule has 0 aliphatic rings. The number of hydrogen-bond donors (Lipinski definition) is 1. The van der Waals surface area contributed by atoms with Gasteiger partial charge in [-0.3, -0.25) is 0 Å². The van der Waals surface area contributed by atoms with Crippen molar-refractivity contribution >= 4 is 16.7 Å². The first-order chi connectivity index (χ1) is 15.6. The highest BCUT2D eigenvalue weighted by molar-refractivity contribution is 5.85. The van der Waals surface area contributed by atoms with Crippen molar-refractivity contribution in [3.63, 3.8) is 0 Å². The van der Waals surface area contributed by atoms with Crippen molar-refractivity contribution in [2.75, 3.05) is 33.1 Å². The Morgan fingerprint density at radius 3 is 2.53 bits per heavy atom. The van der Waals surface area contributed by atoms with Gasteiger partial charge in [0.2, 0.25) is 17.5 Å². The number of rotatable bonds is 8. The Kier molecular flexibility index (Phi) is 6.39. The number of oxazole rings is 1. The van der Waals surface area contributed by atoms with E-state index < -0.39 is 0 Å². The summed E-state index contributed by atoms with van der Waals surface area (Å²) in [7, 11) is 5.70. The number of nitriles is 1. The number of nitrogens with zero attached hydrogens (tertiary/aromatic N) is 3. The van der Waals surface area contributed by atoms with Gasteiger partial charge in [0.05, 0.1) is 19.6 Å². The number of benzene rings is 3. The Hall–Kier alpha value is -3.82. The van der Waals surface area contributed by atoms with E-state index in [4.69, 9.17) is 9.15 Å². The number of likely N-dealkylation sites (N-methyl/N-ethyl adjacent to an activating group) is 1. The lowest BCUT2D eigenvalue weighted by Crippen LogP contribution is -2.26. The number of hydrogen-bond acceptors (Lipinski definition) is 6. The Balaban J connectivity index is 1.53. The third-order valence-electron chi connectivity index (χ3n) is 5.58. The van der Waals surface area contributed by atoms with Crippen LogP contribution >= 0.6 is 0 Å². The molecule has 0 amide bonds. The molecule has 3 aromatic carbocycles. The summed E-state index contributed by atoms with van der Waals surface area (Å²) in [6.45, 7) is 0.566. The van der Waals surface area contributed by atoms with Gasteiger partial charge in [-0.1, -0.05) is 54.6 Å². The Morgan fingerprint density at radius 1 is 1.06 bits per heavy atom. The van der Waals surface area contributed by atoms with Crippen LogP contribution in [0.1, 0.15) is 28.8 Å². The van der Waals surface area contributed by atoms with Crippen molar-refractivity contribution in [1.29, 1.82) is 5.26 Å². The minimum Gasteiger partial charge on any atom is -0.497 e. The number of anilines is 1. The van der Waals surface area contributed by atoms with Gasteiger partial charge in [0.1, 0.15) is 11.8 Å². The van der Waals surface area contributed by atoms with E-state index in [2.05, 4.69) is 45.5 Å². The highest BCUT2D eigenvalue weighted by Gasteiger charge is 2.18. The van der Waals surface area contributed by atoms with Crippen molar-refractivity contribution in [2.45, 2.75) is 12.5 Å². The maximum absolute atomic E-state index is 9.58. The van der Waals surface area contributed by atoms with Crippen LogP contribution in [0.25, 0.3) is 10.8 Å². The highest BCUT2D eigenvalue weighted by Crippen LogP contribution is 2.26. The molecule has 0 bridgehead atoms. The molecule has 1 aromatic heterocycles. The standard InChI is InChI=1S/C26H26N4O2/c1-30(2)24(19-11-13-21(31-3)14-12-19)17-28-26-23(16-27)29-25(32-26)15-20-9-6-8-18-7-4-5-10-22(18)20/h4-14,24,28H,15,17H2,1-3H3. The van der Waals surface area contributed by atoms with E-state index in [9.17, 15) is 5.26 Å². The number of methoxy groups -OCH3 is 1. The molecule has 1 heterocycles. The van der Waals surface area contributed by atoms with Gasteiger partial charge in [0.25, 0.3) is 0 Å². The average molecular weight is 427 g/mol. The summed E-state index contributed by atoms with van der Waals surface area (Å²) in [6.07, 6.45) is 0.521. The predicted molar refractivity (Wildman–Crippen MR) is 126 cm³/mol. The molecule has 6 heteroatoms. The van der Waals surface area contributed by atoms with Gasteiger partial charge >= 0.3 is 0 Å². The molecule has 0 spiro atoms. The van der Waals surface area contributed by atoms with Crippen molar-refractivity contribution in [3.8, 4) is 11.8 Å². The summed E-state index contributed by atoms with van der Waals surface area (Å²) in [5.41, 5.74) is 2.52. The number of aromatic nitrogens is 1. The van der Waals surface area contributed by atoms with E-state index in [1.807, 2.05) is 56.6 Å². The molecule has 0 aliphatic heterocycles. The van der Waals surface area contributed by atoms with Crippen molar-refractivity contribution in [1.82, 2.24) is 9.88 Å². The first-order valence-corrected chi connectivity index (χ1v) is 10.5. The Morgan fingerprint density at radius 2 is 1.81 bits per heavy atom. The molecule has 0 saturated heterocycles. The molecule has 0 fully saturated rings. The lowest BCUT2D eigenvalue weighted by molar-refractivity contribution is 0.310. The zero-order chi connectivity index (χ0) is 22.5. The first kappa shape index (κ1) is 21.4. The fraction of sp³-hybridized carbons (Fsp3) is 0.231. The van der Waals surface area contributed by atoms with Gasteiger partial charge in [-0.25, -0.2) is 4.98 Å². The topological polar surface area (TPSA) is 74.3 Å². The number of nitrogens with one attached hydrogen (secondary N) is 1. The first-order valence-electron chi connectivity index (χ1n) is 10.5. The monoisotopic (exact) mass is 426 g/mol. The molecule has 6 nitrogen and oxygen atoms in total. The molecular weight excluding hydrogens is 400 g/mol. The molecule has 1 unspecified atom stereocenters. The second-order valence-electron chi connectivity index (χ2n) is 7.85. The van der Waals surface area contributed by atoms with Gasteiger partial charge in [0, 0.05) is 6.54 Å². The third kappa shape index (κ3) is 4.58. The normalized spacial score (nSPS) is 12.0. The minimum atomic E-state index is 0.0825. The van der Waals surface area contributed by atoms with Gasteiger partial charge in [-0.05, 0) is 48.1 Å². The Bertz CT molecular complexity index is 1230. The van der Waals surface area contributed by atoms with Crippen LogP contribution in [0.3, 0.4) is 0 Å². The van der Waals surface area contributed by atoms with Crippen LogP contribution < -0.4 is 10.1 Å². The van der Waals surface area contributed by atoms with Crippen LogP contribution in [-0.2, 0) is 6.42 Å². The highest BCUT2D eigenvalue weighted by atomic mass is 16.5. The lowest BCUT2D eigenvalue weighted by atomic mass is 10.0. The fourth-order valence-corrected chi connectivity index (χ4v) is 3.86. The van der Waals surface area contributed by atoms with Gasteiger partial charge in [-0.2, -0.15) is 5.26 Å².